The van der Waals surface area contributed by atoms with Crippen LogP contribution < -0.4 is 5.73 Å². The number of furan rings is 1. The Morgan fingerprint density at radius 3 is 2.79 bits per heavy atom. The highest BCUT2D eigenvalue weighted by Crippen LogP contribution is 2.29. The van der Waals surface area contributed by atoms with E-state index in [1.54, 1.807) is 6.26 Å². The molecule has 0 spiro atoms. The fourth-order valence-corrected chi connectivity index (χ4v) is 1.92. The molecule has 0 unspecified atom stereocenters. The van der Waals surface area contributed by atoms with Crippen LogP contribution in [0.1, 0.15) is 25.8 Å². The average molecular weight is 257 g/mol. The van der Waals surface area contributed by atoms with Crippen molar-refractivity contribution in [2.24, 2.45) is 11.7 Å². The predicted molar refractivity (Wildman–Crippen MR) is 71.3 cm³/mol. The van der Waals surface area contributed by atoms with Crippen LogP contribution in [0.15, 0.2) is 39.5 Å². The van der Waals surface area contributed by atoms with E-state index in [1.165, 1.54) is 0 Å². The Kier molecular flexibility index (Phi) is 2.83. The molecule has 2 aromatic heterocycles. The van der Waals surface area contributed by atoms with Gasteiger partial charge in [-0.25, -0.2) is 0 Å². The molecule has 2 heterocycles. The summed E-state index contributed by atoms with van der Waals surface area (Å²) in [6, 6.07) is 7.49. The molecule has 0 saturated heterocycles. The summed E-state index contributed by atoms with van der Waals surface area (Å²) in [4.78, 5) is 4.36. The molecule has 3 rings (SSSR count). The molecule has 0 amide bonds. The lowest BCUT2D eigenvalue weighted by Crippen LogP contribution is -2.16. The maximum Gasteiger partial charge on any atom is 0.244 e. The molecule has 2 N–H and O–H groups in total. The van der Waals surface area contributed by atoms with E-state index in [4.69, 9.17) is 14.7 Å². The number of nitrogens with zero attached hydrogens (tertiary/aromatic N) is 2. The highest BCUT2D eigenvalue weighted by atomic mass is 16.5. The van der Waals surface area contributed by atoms with E-state index < -0.39 is 0 Å². The van der Waals surface area contributed by atoms with Crippen molar-refractivity contribution in [2.45, 2.75) is 19.9 Å². The van der Waals surface area contributed by atoms with Crippen LogP contribution in [0.3, 0.4) is 0 Å². The third-order valence-electron chi connectivity index (χ3n) is 3.17. The molecule has 5 heteroatoms. The maximum atomic E-state index is 6.00. The minimum Gasteiger partial charge on any atom is -0.464 e. The summed E-state index contributed by atoms with van der Waals surface area (Å²) in [5.41, 5.74) is 7.62. The predicted octanol–water partition coefficient (Wildman–Crippen LogP) is 3.14. The van der Waals surface area contributed by atoms with Crippen molar-refractivity contribution in [3.05, 3.63) is 36.4 Å². The number of rotatable bonds is 3. The van der Waals surface area contributed by atoms with Crippen LogP contribution >= 0.6 is 0 Å². The topological polar surface area (TPSA) is 78.1 Å². The van der Waals surface area contributed by atoms with Crippen molar-refractivity contribution in [2.75, 3.05) is 0 Å². The number of para-hydroxylation sites is 1. The second kappa shape index (κ2) is 4.51. The standard InChI is InChI=1S/C14H15N3O2/c1-8(2)12(15)14-16-13(17-19-14)10-7-18-11-6-4-3-5-9(10)11/h3-8,12H,15H2,1-2H3/t12-/m0/s1. The Hall–Kier alpha value is -2.14. The Bertz CT molecular complexity index is 699. The molecule has 0 aliphatic heterocycles. The number of hydrogen-bond acceptors (Lipinski definition) is 5. The van der Waals surface area contributed by atoms with Crippen LogP contribution in [-0.2, 0) is 0 Å². The lowest BCUT2D eigenvalue weighted by Gasteiger charge is -2.09. The van der Waals surface area contributed by atoms with Crippen LogP contribution in [0.5, 0.6) is 0 Å². The van der Waals surface area contributed by atoms with E-state index in [0.717, 1.165) is 16.5 Å². The zero-order valence-corrected chi connectivity index (χ0v) is 10.8. The van der Waals surface area contributed by atoms with Crippen molar-refractivity contribution in [1.29, 1.82) is 0 Å². The number of nitrogens with two attached hydrogens (primary N) is 1. The first kappa shape index (κ1) is 11.9. The highest BCUT2D eigenvalue weighted by molar-refractivity contribution is 5.91. The van der Waals surface area contributed by atoms with Gasteiger partial charge in [-0.2, -0.15) is 4.98 Å². The van der Waals surface area contributed by atoms with Crippen molar-refractivity contribution in [1.82, 2.24) is 10.1 Å². The van der Waals surface area contributed by atoms with Gasteiger partial charge in [-0.1, -0.05) is 37.2 Å². The van der Waals surface area contributed by atoms with Crippen LogP contribution in [0.25, 0.3) is 22.4 Å². The van der Waals surface area contributed by atoms with Gasteiger partial charge in [-0.05, 0) is 12.0 Å². The monoisotopic (exact) mass is 257 g/mol. The molecular weight excluding hydrogens is 242 g/mol. The normalized spacial score (nSPS) is 13.3. The van der Waals surface area contributed by atoms with E-state index in [9.17, 15) is 0 Å². The smallest absolute Gasteiger partial charge is 0.244 e. The number of fused-ring (bicyclic) bond motifs is 1. The zero-order chi connectivity index (χ0) is 13.4. The molecule has 3 aromatic rings. The van der Waals surface area contributed by atoms with Gasteiger partial charge in [0.1, 0.15) is 11.8 Å². The minimum absolute atomic E-state index is 0.245. The molecule has 1 aromatic carbocycles. The summed E-state index contributed by atoms with van der Waals surface area (Å²) < 4.78 is 10.7. The Morgan fingerprint density at radius 1 is 1.21 bits per heavy atom. The molecule has 19 heavy (non-hydrogen) atoms. The van der Waals surface area contributed by atoms with Gasteiger partial charge >= 0.3 is 0 Å². The molecule has 0 radical (unpaired) electrons. The largest absolute Gasteiger partial charge is 0.464 e. The van der Waals surface area contributed by atoms with Crippen LogP contribution in [0.2, 0.25) is 0 Å². The SMILES string of the molecule is CC(C)[C@H](N)c1nc(-c2coc3ccccc23)no1. The molecule has 1 atom stereocenters. The third-order valence-corrected chi connectivity index (χ3v) is 3.17. The van der Waals surface area contributed by atoms with E-state index in [1.807, 2.05) is 38.1 Å². The molecular formula is C14H15N3O2. The van der Waals surface area contributed by atoms with Gasteiger partial charge in [0.15, 0.2) is 0 Å². The fourth-order valence-electron chi connectivity index (χ4n) is 1.92. The number of benzene rings is 1. The Morgan fingerprint density at radius 2 is 2.00 bits per heavy atom. The lowest BCUT2D eigenvalue weighted by atomic mass is 10.1. The Labute approximate surface area is 110 Å². The van der Waals surface area contributed by atoms with Crippen LogP contribution in [-0.4, -0.2) is 10.1 Å². The lowest BCUT2D eigenvalue weighted by molar-refractivity contribution is 0.325. The average Bonchev–Trinajstić information content (AvgIpc) is 3.03. The first-order chi connectivity index (χ1) is 9.16. The Balaban J connectivity index is 2.03. The van der Waals surface area contributed by atoms with E-state index in [2.05, 4.69) is 10.1 Å². The second-order valence-electron chi connectivity index (χ2n) is 4.87. The number of aromatic nitrogens is 2. The van der Waals surface area contributed by atoms with Crippen molar-refractivity contribution in [3.63, 3.8) is 0 Å². The van der Waals surface area contributed by atoms with Crippen LogP contribution in [0, 0.1) is 5.92 Å². The fraction of sp³-hybridized carbons (Fsp3) is 0.286. The van der Waals surface area contributed by atoms with E-state index in [0.29, 0.717) is 11.7 Å². The summed E-state index contributed by atoms with van der Waals surface area (Å²) in [6.45, 7) is 4.03. The van der Waals surface area contributed by atoms with Gasteiger partial charge in [0.25, 0.3) is 0 Å². The van der Waals surface area contributed by atoms with Gasteiger partial charge in [0, 0.05) is 5.39 Å². The first-order valence-corrected chi connectivity index (χ1v) is 6.22. The van der Waals surface area contributed by atoms with Gasteiger partial charge in [0.2, 0.25) is 11.7 Å². The first-order valence-electron chi connectivity index (χ1n) is 6.22. The molecule has 0 fully saturated rings. The van der Waals surface area contributed by atoms with E-state index in [-0.39, 0.29) is 12.0 Å². The molecule has 5 nitrogen and oxygen atoms in total. The molecule has 0 aliphatic rings. The molecule has 0 saturated carbocycles. The van der Waals surface area contributed by atoms with Gasteiger partial charge in [-0.15, -0.1) is 0 Å². The summed E-state index contributed by atoms with van der Waals surface area (Å²) >= 11 is 0. The van der Waals surface area contributed by atoms with Crippen molar-refractivity contribution < 1.29 is 8.94 Å². The summed E-state index contributed by atoms with van der Waals surface area (Å²) in [6.07, 6.45) is 1.64. The van der Waals surface area contributed by atoms with Gasteiger partial charge < -0.3 is 14.7 Å². The van der Waals surface area contributed by atoms with Crippen LogP contribution in [0.4, 0.5) is 0 Å². The second-order valence-corrected chi connectivity index (χ2v) is 4.87. The van der Waals surface area contributed by atoms with E-state index >= 15 is 0 Å². The quantitative estimate of drug-likeness (QED) is 0.779. The third kappa shape index (κ3) is 2.02. The van der Waals surface area contributed by atoms with Gasteiger partial charge in [0.05, 0.1) is 11.6 Å². The summed E-state index contributed by atoms with van der Waals surface area (Å²) in [5, 5.41) is 4.95. The zero-order valence-electron chi connectivity index (χ0n) is 10.8. The molecule has 0 aliphatic carbocycles. The highest BCUT2D eigenvalue weighted by Gasteiger charge is 2.20. The van der Waals surface area contributed by atoms with Gasteiger partial charge in [-0.3, -0.25) is 0 Å². The minimum atomic E-state index is -0.251. The summed E-state index contributed by atoms with van der Waals surface area (Å²) in [7, 11) is 0. The maximum absolute atomic E-state index is 6.00. The summed E-state index contributed by atoms with van der Waals surface area (Å²) in [5.74, 6) is 1.21. The number of hydrogen-bond donors (Lipinski definition) is 1. The molecule has 98 valence electrons. The van der Waals surface area contributed by atoms with Crippen molar-refractivity contribution in [3.8, 4) is 11.4 Å². The van der Waals surface area contributed by atoms with Crippen molar-refractivity contribution >= 4 is 11.0 Å². The molecule has 0 bridgehead atoms.